The van der Waals surface area contributed by atoms with Crippen molar-refractivity contribution in [2.24, 2.45) is 28.6 Å². The van der Waals surface area contributed by atoms with Gasteiger partial charge in [-0.1, -0.05) is 19.4 Å². The Morgan fingerprint density at radius 2 is 1.84 bits per heavy atom. The highest BCUT2D eigenvalue weighted by Gasteiger charge is 2.74. The van der Waals surface area contributed by atoms with E-state index in [2.05, 4.69) is 13.8 Å². The predicted molar refractivity (Wildman–Crippen MR) is 113 cm³/mol. The second kappa shape index (κ2) is 6.88. The average molecular weight is 433 g/mol. The minimum Gasteiger partial charge on any atom is -0.462 e. The minimum atomic E-state index is -1.23. The summed E-state index contributed by atoms with van der Waals surface area (Å²) in [6.07, 6.45) is 7.09. The van der Waals surface area contributed by atoms with E-state index in [-0.39, 0.29) is 29.2 Å². The summed E-state index contributed by atoms with van der Waals surface area (Å²) >= 11 is 0. The SMILES string of the molecule is CC(=O)O[C@@H]1C[C@](O)(C2(C)OCCO2)[C@@]2(C)CC[C@H]3[C@@H](CCC4=CC(=O)CC[C@@]43C)[C@H]12. The van der Waals surface area contributed by atoms with Crippen molar-refractivity contribution in [1.29, 1.82) is 0 Å². The van der Waals surface area contributed by atoms with Crippen LogP contribution >= 0.6 is 0 Å². The molecule has 1 saturated heterocycles. The molecule has 0 radical (unpaired) electrons. The zero-order valence-electron chi connectivity index (χ0n) is 19.2. The Bertz CT molecular complexity index is 828. The molecule has 31 heavy (non-hydrogen) atoms. The quantitative estimate of drug-likeness (QED) is 0.672. The molecular formula is C25H36O6. The zero-order valence-corrected chi connectivity index (χ0v) is 19.2. The molecule has 1 aliphatic heterocycles. The molecule has 6 heteroatoms. The predicted octanol–water partition coefficient (Wildman–Crippen LogP) is 3.55. The van der Waals surface area contributed by atoms with Crippen molar-refractivity contribution < 1.29 is 28.9 Å². The van der Waals surface area contributed by atoms with E-state index in [1.807, 2.05) is 13.0 Å². The molecule has 5 aliphatic rings. The number of aliphatic hydroxyl groups is 1. The third-order valence-corrected chi connectivity index (χ3v) is 9.96. The molecule has 0 aromatic carbocycles. The van der Waals surface area contributed by atoms with Gasteiger partial charge in [-0.25, -0.2) is 0 Å². The van der Waals surface area contributed by atoms with Gasteiger partial charge in [-0.2, -0.15) is 0 Å². The third kappa shape index (κ3) is 2.80. The largest absolute Gasteiger partial charge is 0.462 e. The molecule has 0 unspecified atom stereocenters. The average Bonchev–Trinajstić information content (AvgIpc) is 3.24. The maximum Gasteiger partial charge on any atom is 0.302 e. The lowest BCUT2D eigenvalue weighted by atomic mass is 9.46. The molecule has 0 aromatic heterocycles. The molecule has 4 fully saturated rings. The van der Waals surface area contributed by atoms with Crippen LogP contribution in [0.4, 0.5) is 0 Å². The maximum absolute atomic E-state index is 12.2. The Morgan fingerprint density at radius 1 is 1.13 bits per heavy atom. The van der Waals surface area contributed by atoms with Crippen LogP contribution in [0.25, 0.3) is 0 Å². The fraction of sp³-hybridized carbons (Fsp3) is 0.840. The molecule has 172 valence electrons. The number of fused-ring (bicyclic) bond motifs is 5. The number of carbonyl (C=O) groups excluding carboxylic acids is 2. The molecule has 1 heterocycles. The first kappa shape index (κ1) is 21.6. The van der Waals surface area contributed by atoms with Crippen LogP contribution < -0.4 is 0 Å². The molecule has 6 nitrogen and oxygen atoms in total. The number of esters is 1. The van der Waals surface area contributed by atoms with Gasteiger partial charge in [-0.05, 0) is 62.4 Å². The first-order valence-electron chi connectivity index (χ1n) is 12.0. The van der Waals surface area contributed by atoms with E-state index >= 15 is 0 Å². The van der Waals surface area contributed by atoms with Gasteiger partial charge in [-0.15, -0.1) is 0 Å². The topological polar surface area (TPSA) is 82.1 Å². The standard InChI is InChI=1S/C25H36O6/c1-15(26)31-20-14-25(28,24(4)29-11-12-30-24)23(3)10-8-19-18(21(20)23)6-5-16-13-17(27)7-9-22(16,19)2/h13,18-21,28H,5-12,14H2,1-4H3/t18-,19+,20-,21-,22+,23+,25-/m1/s1. The summed E-state index contributed by atoms with van der Waals surface area (Å²) in [5, 5.41) is 12.2. The van der Waals surface area contributed by atoms with E-state index in [9.17, 15) is 14.7 Å². The number of ketones is 1. The third-order valence-electron chi connectivity index (χ3n) is 9.96. The summed E-state index contributed by atoms with van der Waals surface area (Å²) in [6.45, 7) is 8.71. The fourth-order valence-electron chi connectivity index (χ4n) is 8.41. The maximum atomic E-state index is 12.2. The first-order valence-corrected chi connectivity index (χ1v) is 12.0. The Labute approximate surface area is 184 Å². The first-order chi connectivity index (χ1) is 14.5. The molecule has 4 aliphatic carbocycles. The normalized spacial score (nSPS) is 48.4. The van der Waals surface area contributed by atoms with Crippen molar-refractivity contribution in [3.63, 3.8) is 0 Å². The number of hydrogen-bond acceptors (Lipinski definition) is 6. The van der Waals surface area contributed by atoms with Crippen molar-refractivity contribution in [3.05, 3.63) is 11.6 Å². The van der Waals surface area contributed by atoms with E-state index in [1.165, 1.54) is 12.5 Å². The van der Waals surface area contributed by atoms with E-state index in [1.54, 1.807) is 0 Å². The lowest BCUT2D eigenvalue weighted by Gasteiger charge is -2.60. The van der Waals surface area contributed by atoms with Crippen LogP contribution in [0.2, 0.25) is 0 Å². The smallest absolute Gasteiger partial charge is 0.302 e. The van der Waals surface area contributed by atoms with Crippen molar-refractivity contribution in [2.45, 2.75) is 90.1 Å². The van der Waals surface area contributed by atoms with Crippen LogP contribution in [0.1, 0.15) is 72.6 Å². The van der Waals surface area contributed by atoms with Crippen LogP contribution in [-0.2, 0) is 23.8 Å². The number of ether oxygens (including phenoxy) is 3. The Morgan fingerprint density at radius 3 is 2.52 bits per heavy atom. The molecule has 0 aromatic rings. The molecular weight excluding hydrogens is 396 g/mol. The second-order valence-electron chi connectivity index (χ2n) is 11.2. The lowest BCUT2D eigenvalue weighted by molar-refractivity contribution is -0.299. The summed E-state index contributed by atoms with van der Waals surface area (Å²) in [4.78, 5) is 24.2. The van der Waals surface area contributed by atoms with Crippen LogP contribution in [-0.4, -0.2) is 47.6 Å². The summed E-state index contributed by atoms with van der Waals surface area (Å²) in [6, 6.07) is 0. The van der Waals surface area contributed by atoms with Gasteiger partial charge in [0.25, 0.3) is 0 Å². The Hall–Kier alpha value is -1.24. The van der Waals surface area contributed by atoms with E-state index in [4.69, 9.17) is 14.2 Å². The molecule has 3 saturated carbocycles. The van der Waals surface area contributed by atoms with E-state index in [0.717, 1.165) is 32.1 Å². The van der Waals surface area contributed by atoms with Crippen LogP contribution in [0.15, 0.2) is 11.6 Å². The van der Waals surface area contributed by atoms with Gasteiger partial charge >= 0.3 is 5.97 Å². The van der Waals surface area contributed by atoms with Gasteiger partial charge in [0, 0.05) is 31.1 Å². The van der Waals surface area contributed by atoms with E-state index < -0.39 is 16.8 Å². The molecule has 1 N–H and O–H groups in total. The fourth-order valence-corrected chi connectivity index (χ4v) is 8.41. The van der Waals surface area contributed by atoms with Gasteiger partial charge in [0.2, 0.25) is 0 Å². The monoisotopic (exact) mass is 432 g/mol. The summed E-state index contributed by atoms with van der Waals surface area (Å²) in [7, 11) is 0. The van der Waals surface area contributed by atoms with Crippen molar-refractivity contribution in [1.82, 2.24) is 0 Å². The van der Waals surface area contributed by atoms with Gasteiger partial charge in [0.05, 0.1) is 13.2 Å². The van der Waals surface area contributed by atoms with Crippen molar-refractivity contribution >= 4 is 11.8 Å². The zero-order chi connectivity index (χ0) is 22.2. The number of carbonyl (C=O) groups is 2. The van der Waals surface area contributed by atoms with Gasteiger partial charge in [0.1, 0.15) is 11.7 Å². The highest BCUT2D eigenvalue weighted by molar-refractivity contribution is 5.91. The minimum absolute atomic E-state index is 0.0178. The Kier molecular flexibility index (Phi) is 4.79. The van der Waals surface area contributed by atoms with Gasteiger partial charge in [-0.3, -0.25) is 9.59 Å². The summed E-state index contributed by atoms with van der Waals surface area (Å²) in [5.74, 6) is -0.343. The molecule has 5 rings (SSSR count). The second-order valence-corrected chi connectivity index (χ2v) is 11.2. The van der Waals surface area contributed by atoms with Crippen LogP contribution in [0, 0.1) is 28.6 Å². The highest BCUT2D eigenvalue weighted by Crippen LogP contribution is 2.70. The summed E-state index contributed by atoms with van der Waals surface area (Å²) < 4.78 is 17.9. The van der Waals surface area contributed by atoms with Crippen LogP contribution in [0.5, 0.6) is 0 Å². The number of rotatable bonds is 2. The van der Waals surface area contributed by atoms with E-state index in [0.29, 0.717) is 37.9 Å². The molecule has 0 amide bonds. The highest BCUT2D eigenvalue weighted by atomic mass is 16.7. The number of allylic oxidation sites excluding steroid dienone is 1. The van der Waals surface area contributed by atoms with Gasteiger partial charge in [0.15, 0.2) is 11.6 Å². The van der Waals surface area contributed by atoms with Gasteiger partial charge < -0.3 is 19.3 Å². The summed E-state index contributed by atoms with van der Waals surface area (Å²) in [5.41, 5.74) is -0.383. The Balaban J connectivity index is 1.56. The van der Waals surface area contributed by atoms with Crippen LogP contribution in [0.3, 0.4) is 0 Å². The lowest BCUT2D eigenvalue weighted by Crippen LogP contribution is -2.63. The molecule has 0 spiro atoms. The van der Waals surface area contributed by atoms with Crippen molar-refractivity contribution in [3.8, 4) is 0 Å². The molecule has 0 bridgehead atoms. The van der Waals surface area contributed by atoms with Crippen molar-refractivity contribution in [2.75, 3.05) is 13.2 Å². The number of hydrogen-bond donors (Lipinski definition) is 1. The molecule has 7 atom stereocenters.